The standard InChI is InChI=1S/C20H25N3O2S.ClH/c1-13-6-8-15(9-7-13)23-18(24)11-16(19(23)17-5-4-10-26-17)20(25)22-12-14(2)21-3;/h4-10,14,16,19,21H,11-12H2,1-3H3,(H,22,25);1H. The number of halogens is 1. The van der Waals surface area contributed by atoms with Crippen molar-refractivity contribution in [3.8, 4) is 0 Å². The lowest BCUT2D eigenvalue weighted by molar-refractivity contribution is -0.126. The topological polar surface area (TPSA) is 61.4 Å². The van der Waals surface area contributed by atoms with Crippen molar-refractivity contribution in [2.24, 2.45) is 5.92 Å². The molecule has 1 saturated heterocycles. The van der Waals surface area contributed by atoms with Crippen molar-refractivity contribution in [2.45, 2.75) is 32.4 Å². The highest BCUT2D eigenvalue weighted by atomic mass is 35.5. The molecule has 5 nitrogen and oxygen atoms in total. The minimum absolute atomic E-state index is 0. The van der Waals surface area contributed by atoms with Gasteiger partial charge in [-0.05, 0) is 44.5 Å². The summed E-state index contributed by atoms with van der Waals surface area (Å²) in [6, 6.07) is 11.8. The van der Waals surface area contributed by atoms with E-state index in [9.17, 15) is 9.59 Å². The molecule has 1 fully saturated rings. The fourth-order valence-electron chi connectivity index (χ4n) is 3.25. The van der Waals surface area contributed by atoms with Gasteiger partial charge in [0.2, 0.25) is 11.8 Å². The number of carbonyl (C=O) groups is 2. The summed E-state index contributed by atoms with van der Waals surface area (Å²) in [6.45, 7) is 4.57. The maximum Gasteiger partial charge on any atom is 0.228 e. The molecule has 2 amide bonds. The first-order valence-corrected chi connectivity index (χ1v) is 9.76. The fraction of sp³-hybridized carbons (Fsp3) is 0.400. The van der Waals surface area contributed by atoms with Gasteiger partial charge in [0.15, 0.2) is 0 Å². The normalized spacial score (nSPS) is 20.3. The second-order valence-electron chi connectivity index (χ2n) is 6.81. The summed E-state index contributed by atoms with van der Waals surface area (Å²) in [4.78, 5) is 28.5. The van der Waals surface area contributed by atoms with Gasteiger partial charge in [-0.15, -0.1) is 23.7 Å². The van der Waals surface area contributed by atoms with Crippen LogP contribution in [0, 0.1) is 12.8 Å². The lowest BCUT2D eigenvalue weighted by Crippen LogP contribution is -2.41. The zero-order valence-corrected chi connectivity index (χ0v) is 17.4. The molecule has 0 aliphatic carbocycles. The van der Waals surface area contributed by atoms with Crippen LogP contribution in [-0.2, 0) is 9.59 Å². The SMILES string of the molecule is CNC(C)CNC(=O)C1CC(=O)N(c2ccc(C)cc2)C1c1cccs1.Cl. The molecule has 1 aliphatic rings. The van der Waals surface area contributed by atoms with E-state index in [1.165, 1.54) is 0 Å². The van der Waals surface area contributed by atoms with Gasteiger partial charge in [-0.25, -0.2) is 0 Å². The second-order valence-corrected chi connectivity index (χ2v) is 7.78. The van der Waals surface area contributed by atoms with E-state index < -0.39 is 0 Å². The number of carbonyl (C=O) groups excluding carboxylic acids is 2. The third kappa shape index (κ3) is 4.69. The predicted octanol–water partition coefficient (Wildman–Crippen LogP) is 3.30. The van der Waals surface area contributed by atoms with Crippen LogP contribution in [-0.4, -0.2) is 31.4 Å². The van der Waals surface area contributed by atoms with E-state index in [-0.39, 0.29) is 48.6 Å². The number of hydrogen-bond acceptors (Lipinski definition) is 4. The smallest absolute Gasteiger partial charge is 0.228 e. The number of hydrogen-bond donors (Lipinski definition) is 2. The van der Waals surface area contributed by atoms with E-state index >= 15 is 0 Å². The third-order valence-electron chi connectivity index (χ3n) is 4.88. The van der Waals surface area contributed by atoms with E-state index in [1.54, 1.807) is 16.2 Å². The van der Waals surface area contributed by atoms with Gasteiger partial charge in [0.05, 0.1) is 12.0 Å². The van der Waals surface area contributed by atoms with Crippen LogP contribution >= 0.6 is 23.7 Å². The van der Waals surface area contributed by atoms with Gasteiger partial charge in [-0.2, -0.15) is 0 Å². The molecule has 2 N–H and O–H groups in total. The molecule has 3 unspecified atom stereocenters. The van der Waals surface area contributed by atoms with Gasteiger partial charge in [0.1, 0.15) is 0 Å². The van der Waals surface area contributed by atoms with Gasteiger partial charge in [-0.3, -0.25) is 9.59 Å². The summed E-state index contributed by atoms with van der Waals surface area (Å²) < 4.78 is 0. The molecule has 3 atom stereocenters. The van der Waals surface area contributed by atoms with Crippen LogP contribution in [0.25, 0.3) is 0 Å². The Labute approximate surface area is 170 Å². The number of amides is 2. The van der Waals surface area contributed by atoms with Crippen molar-refractivity contribution < 1.29 is 9.59 Å². The van der Waals surface area contributed by atoms with Gasteiger partial charge in [0, 0.05) is 29.6 Å². The molecule has 1 aliphatic heterocycles. The number of nitrogens with zero attached hydrogens (tertiary/aromatic N) is 1. The molecule has 3 rings (SSSR count). The quantitative estimate of drug-likeness (QED) is 0.772. The van der Waals surface area contributed by atoms with Crippen molar-refractivity contribution >= 4 is 41.2 Å². The average molecular weight is 408 g/mol. The fourth-order valence-corrected chi connectivity index (χ4v) is 4.13. The van der Waals surface area contributed by atoms with Crippen LogP contribution in [0.4, 0.5) is 5.69 Å². The lowest BCUT2D eigenvalue weighted by atomic mass is 9.97. The summed E-state index contributed by atoms with van der Waals surface area (Å²) in [5.74, 6) is -0.450. The summed E-state index contributed by atoms with van der Waals surface area (Å²) in [5, 5.41) is 8.09. The lowest BCUT2D eigenvalue weighted by Gasteiger charge is -2.27. The number of aryl methyl sites for hydroxylation is 1. The Morgan fingerprint density at radius 1 is 1.30 bits per heavy atom. The summed E-state index contributed by atoms with van der Waals surface area (Å²) in [5.41, 5.74) is 1.99. The molecule has 1 aromatic carbocycles. The van der Waals surface area contributed by atoms with Gasteiger partial charge in [0.25, 0.3) is 0 Å². The summed E-state index contributed by atoms with van der Waals surface area (Å²) in [7, 11) is 1.86. The zero-order valence-electron chi connectivity index (χ0n) is 15.8. The van der Waals surface area contributed by atoms with Gasteiger partial charge in [-0.1, -0.05) is 23.8 Å². The predicted molar refractivity (Wildman–Crippen MR) is 113 cm³/mol. The zero-order chi connectivity index (χ0) is 18.7. The molecule has 2 heterocycles. The highest BCUT2D eigenvalue weighted by Gasteiger charge is 2.45. The van der Waals surface area contributed by atoms with E-state index in [0.29, 0.717) is 6.54 Å². The Hall–Kier alpha value is -1.89. The molecule has 27 heavy (non-hydrogen) atoms. The maximum absolute atomic E-state index is 12.8. The summed E-state index contributed by atoms with van der Waals surface area (Å²) >= 11 is 1.59. The Bertz CT molecular complexity index is 764. The van der Waals surface area contributed by atoms with Crippen LogP contribution in [0.15, 0.2) is 41.8 Å². The van der Waals surface area contributed by atoms with E-state index in [1.807, 2.05) is 62.7 Å². The second kappa shape index (κ2) is 9.35. The molecule has 2 aromatic rings. The Balaban J connectivity index is 0.00000261. The van der Waals surface area contributed by atoms with Crippen LogP contribution in [0.1, 0.15) is 29.8 Å². The van der Waals surface area contributed by atoms with E-state index in [2.05, 4.69) is 10.6 Å². The molecule has 7 heteroatoms. The number of nitrogens with one attached hydrogen (secondary N) is 2. The molecule has 1 aromatic heterocycles. The van der Waals surface area contributed by atoms with Gasteiger partial charge >= 0.3 is 0 Å². The average Bonchev–Trinajstić information content (AvgIpc) is 3.27. The third-order valence-corrected chi connectivity index (χ3v) is 5.82. The van der Waals surface area contributed by atoms with E-state index in [4.69, 9.17) is 0 Å². The van der Waals surface area contributed by atoms with Crippen LogP contribution in [0.5, 0.6) is 0 Å². The number of anilines is 1. The number of thiophene rings is 1. The Morgan fingerprint density at radius 2 is 2.00 bits per heavy atom. The Morgan fingerprint density at radius 3 is 2.59 bits per heavy atom. The monoisotopic (exact) mass is 407 g/mol. The highest BCUT2D eigenvalue weighted by molar-refractivity contribution is 7.10. The highest BCUT2D eigenvalue weighted by Crippen LogP contribution is 2.43. The van der Waals surface area contributed by atoms with E-state index in [0.717, 1.165) is 16.1 Å². The molecular formula is C20H26ClN3O2S. The van der Waals surface area contributed by atoms with Crippen molar-refractivity contribution in [1.82, 2.24) is 10.6 Å². The maximum atomic E-state index is 12.8. The van der Waals surface area contributed by atoms with Gasteiger partial charge < -0.3 is 15.5 Å². The van der Waals surface area contributed by atoms with Crippen molar-refractivity contribution in [3.05, 3.63) is 52.2 Å². The number of rotatable bonds is 6. The first-order valence-electron chi connectivity index (χ1n) is 8.88. The molecule has 0 radical (unpaired) electrons. The first-order chi connectivity index (χ1) is 12.5. The minimum Gasteiger partial charge on any atom is -0.354 e. The molecule has 0 spiro atoms. The van der Waals surface area contributed by atoms with Crippen molar-refractivity contribution in [1.29, 1.82) is 0 Å². The van der Waals surface area contributed by atoms with Crippen LogP contribution in [0.3, 0.4) is 0 Å². The molecular weight excluding hydrogens is 382 g/mol. The van der Waals surface area contributed by atoms with Crippen LogP contribution in [0.2, 0.25) is 0 Å². The Kier molecular flexibility index (Phi) is 7.41. The van der Waals surface area contributed by atoms with Crippen molar-refractivity contribution in [2.75, 3.05) is 18.5 Å². The van der Waals surface area contributed by atoms with Crippen LogP contribution < -0.4 is 15.5 Å². The number of likely N-dealkylation sites (N-methyl/N-ethyl adjacent to an activating group) is 1. The molecule has 146 valence electrons. The summed E-state index contributed by atoms with van der Waals surface area (Å²) in [6.07, 6.45) is 0.232. The minimum atomic E-state index is -0.383. The largest absolute Gasteiger partial charge is 0.354 e. The number of benzene rings is 1. The molecule has 0 bridgehead atoms. The molecule has 0 saturated carbocycles. The first kappa shape index (κ1) is 21.4. The van der Waals surface area contributed by atoms with Crippen molar-refractivity contribution in [3.63, 3.8) is 0 Å².